The van der Waals surface area contributed by atoms with E-state index in [0.29, 0.717) is 29.8 Å². The third-order valence-corrected chi connectivity index (χ3v) is 4.84. The van der Waals surface area contributed by atoms with Crippen molar-refractivity contribution in [2.24, 2.45) is 0 Å². The number of methoxy groups -OCH3 is 1. The molecule has 0 unspecified atom stereocenters. The van der Waals surface area contributed by atoms with Crippen LogP contribution in [0.1, 0.15) is 24.5 Å². The van der Waals surface area contributed by atoms with Crippen molar-refractivity contribution in [3.63, 3.8) is 0 Å². The number of pyridine rings is 1. The first-order chi connectivity index (χ1) is 14.2. The lowest BCUT2D eigenvalue weighted by Gasteiger charge is -2.06. The van der Waals surface area contributed by atoms with Crippen molar-refractivity contribution in [3.05, 3.63) is 48.4 Å². The monoisotopic (exact) mass is 390 g/mol. The largest absolute Gasteiger partial charge is 0.479 e. The van der Waals surface area contributed by atoms with Gasteiger partial charge in [0.15, 0.2) is 11.5 Å². The fraction of sp³-hybridized carbons (Fsp3) is 0.263. The van der Waals surface area contributed by atoms with Crippen LogP contribution in [0.25, 0.3) is 27.8 Å². The molecule has 5 heterocycles. The Kier molecular flexibility index (Phi) is 3.97. The highest BCUT2D eigenvalue weighted by Crippen LogP contribution is 2.31. The van der Waals surface area contributed by atoms with Gasteiger partial charge < -0.3 is 13.8 Å². The predicted molar refractivity (Wildman–Crippen MR) is 104 cm³/mol. The van der Waals surface area contributed by atoms with Crippen molar-refractivity contribution in [2.75, 3.05) is 7.11 Å². The van der Waals surface area contributed by atoms with Crippen molar-refractivity contribution < 1.29 is 9.26 Å². The molecule has 0 atom stereocenters. The van der Waals surface area contributed by atoms with Gasteiger partial charge in [-0.1, -0.05) is 12.1 Å². The van der Waals surface area contributed by atoms with Gasteiger partial charge in [0.25, 0.3) is 0 Å². The normalized spacial score (nSPS) is 11.6. The molecule has 0 bridgehead atoms. The summed E-state index contributed by atoms with van der Waals surface area (Å²) in [6, 6.07) is 4.01. The van der Waals surface area contributed by atoms with Gasteiger partial charge in [-0.05, 0) is 19.1 Å². The highest BCUT2D eigenvalue weighted by molar-refractivity contribution is 5.87. The molecule has 0 aliphatic carbocycles. The van der Waals surface area contributed by atoms with Crippen LogP contribution in [0.4, 0.5) is 0 Å². The maximum atomic E-state index is 5.42. The highest BCUT2D eigenvalue weighted by Gasteiger charge is 2.17. The Morgan fingerprint density at radius 2 is 2.10 bits per heavy atom. The van der Waals surface area contributed by atoms with Crippen LogP contribution < -0.4 is 4.74 Å². The first kappa shape index (κ1) is 17.3. The first-order valence-corrected chi connectivity index (χ1v) is 9.19. The number of ether oxygens (including phenoxy) is 1. The maximum Gasteiger partial charge on any atom is 0.246 e. The molecular weight excluding hydrogens is 372 g/mol. The van der Waals surface area contributed by atoms with Crippen LogP contribution in [0.5, 0.6) is 5.88 Å². The third kappa shape index (κ3) is 2.80. The zero-order valence-corrected chi connectivity index (χ0v) is 16.2. The number of nitrogens with zero attached hydrogens (tertiary/aromatic N) is 8. The van der Waals surface area contributed by atoms with E-state index in [1.807, 2.05) is 36.7 Å². The second-order valence-corrected chi connectivity index (χ2v) is 6.56. The Labute approximate surface area is 165 Å². The van der Waals surface area contributed by atoms with Crippen LogP contribution in [0.3, 0.4) is 0 Å². The van der Waals surface area contributed by atoms with Crippen LogP contribution in [0.15, 0.2) is 35.4 Å². The lowest BCUT2D eigenvalue weighted by atomic mass is 10.1. The molecule has 29 heavy (non-hydrogen) atoms. The Morgan fingerprint density at radius 3 is 2.90 bits per heavy atom. The van der Waals surface area contributed by atoms with Crippen molar-refractivity contribution in [1.82, 2.24) is 39.3 Å². The van der Waals surface area contributed by atoms with E-state index in [1.54, 1.807) is 17.8 Å². The van der Waals surface area contributed by atoms with Gasteiger partial charge >= 0.3 is 0 Å². The standard InChI is InChI=1S/C19H18N8O2/c1-4-15-24-16(29-25-15)9-26-11(2)23-18-14(26)7-12(8-20-18)13-5-6-27-17(13)19(28-3)21-10-22-27/h5-8,10H,4,9H2,1-3H3. The second-order valence-electron chi connectivity index (χ2n) is 6.56. The summed E-state index contributed by atoms with van der Waals surface area (Å²) >= 11 is 0. The molecule has 146 valence electrons. The van der Waals surface area contributed by atoms with E-state index in [0.717, 1.165) is 34.4 Å². The van der Waals surface area contributed by atoms with Crippen LogP contribution in [0, 0.1) is 6.92 Å². The summed E-state index contributed by atoms with van der Waals surface area (Å²) in [5.74, 6) is 2.55. The van der Waals surface area contributed by atoms with Gasteiger partial charge in [-0.3, -0.25) is 0 Å². The number of fused-ring (bicyclic) bond motifs is 2. The number of hydrogen-bond donors (Lipinski definition) is 0. The lowest BCUT2D eigenvalue weighted by molar-refractivity contribution is 0.367. The van der Waals surface area contributed by atoms with Gasteiger partial charge in [-0.2, -0.15) is 15.1 Å². The van der Waals surface area contributed by atoms with E-state index in [-0.39, 0.29) is 0 Å². The molecular formula is C19H18N8O2. The van der Waals surface area contributed by atoms with Crippen LogP contribution >= 0.6 is 0 Å². The molecule has 10 nitrogen and oxygen atoms in total. The Balaban J connectivity index is 1.64. The molecule has 0 fully saturated rings. The van der Waals surface area contributed by atoms with E-state index >= 15 is 0 Å². The number of aromatic nitrogens is 8. The minimum Gasteiger partial charge on any atom is -0.479 e. The topological polar surface area (TPSA) is 109 Å². The van der Waals surface area contributed by atoms with Crippen molar-refractivity contribution in [2.45, 2.75) is 26.8 Å². The third-order valence-electron chi connectivity index (χ3n) is 4.84. The van der Waals surface area contributed by atoms with E-state index in [4.69, 9.17) is 9.26 Å². The summed E-state index contributed by atoms with van der Waals surface area (Å²) in [5.41, 5.74) is 4.16. The molecule has 0 aromatic carbocycles. The van der Waals surface area contributed by atoms with Crippen LogP contribution in [-0.4, -0.2) is 46.4 Å². The van der Waals surface area contributed by atoms with E-state index in [1.165, 1.54) is 6.33 Å². The molecule has 0 aliphatic rings. The minimum atomic E-state index is 0.434. The van der Waals surface area contributed by atoms with E-state index < -0.39 is 0 Å². The molecule has 5 aromatic heterocycles. The Bertz CT molecular complexity index is 1330. The fourth-order valence-electron chi connectivity index (χ4n) is 3.41. The van der Waals surface area contributed by atoms with Gasteiger partial charge in [-0.25, -0.2) is 14.5 Å². The smallest absolute Gasteiger partial charge is 0.246 e. The summed E-state index contributed by atoms with van der Waals surface area (Å²) < 4.78 is 14.5. The van der Waals surface area contributed by atoms with Gasteiger partial charge in [0, 0.05) is 29.9 Å². The summed E-state index contributed by atoms with van der Waals surface area (Å²) in [4.78, 5) is 17.7. The Morgan fingerprint density at radius 1 is 1.21 bits per heavy atom. The molecule has 0 aliphatic heterocycles. The number of aryl methyl sites for hydroxylation is 2. The highest BCUT2D eigenvalue weighted by atomic mass is 16.5. The van der Waals surface area contributed by atoms with E-state index in [9.17, 15) is 0 Å². The first-order valence-electron chi connectivity index (χ1n) is 9.19. The maximum absolute atomic E-state index is 5.42. The molecule has 10 heteroatoms. The summed E-state index contributed by atoms with van der Waals surface area (Å²) in [6.45, 7) is 4.36. The number of hydrogen-bond acceptors (Lipinski definition) is 8. The van der Waals surface area contributed by atoms with E-state index in [2.05, 4.69) is 30.2 Å². The molecule has 5 aromatic rings. The average Bonchev–Trinajstić information content (AvgIpc) is 3.45. The molecule has 0 saturated carbocycles. The molecule has 0 amide bonds. The van der Waals surface area contributed by atoms with Gasteiger partial charge in [-0.15, -0.1) is 0 Å². The van der Waals surface area contributed by atoms with Crippen molar-refractivity contribution in [1.29, 1.82) is 0 Å². The SMILES string of the molecule is CCc1noc(Cn2c(C)nc3ncc(-c4ccn5ncnc(OC)c45)cc32)n1. The summed E-state index contributed by atoms with van der Waals surface area (Å²) in [7, 11) is 1.59. The van der Waals surface area contributed by atoms with Gasteiger partial charge in [0.2, 0.25) is 11.8 Å². The number of imidazole rings is 1. The quantitative estimate of drug-likeness (QED) is 0.450. The lowest BCUT2D eigenvalue weighted by Crippen LogP contribution is -2.02. The fourth-order valence-corrected chi connectivity index (χ4v) is 3.41. The Hall–Kier alpha value is -3.82. The molecule has 0 saturated heterocycles. The van der Waals surface area contributed by atoms with Crippen molar-refractivity contribution >= 4 is 16.7 Å². The second kappa shape index (κ2) is 6.66. The molecule has 0 radical (unpaired) electrons. The van der Waals surface area contributed by atoms with Crippen LogP contribution in [0.2, 0.25) is 0 Å². The number of rotatable bonds is 5. The average molecular weight is 390 g/mol. The van der Waals surface area contributed by atoms with Crippen LogP contribution in [-0.2, 0) is 13.0 Å². The zero-order chi connectivity index (χ0) is 20.0. The zero-order valence-electron chi connectivity index (χ0n) is 16.2. The molecule has 0 spiro atoms. The summed E-state index contributed by atoms with van der Waals surface area (Å²) in [5, 5.41) is 8.22. The summed E-state index contributed by atoms with van der Waals surface area (Å²) in [6.07, 6.45) is 5.85. The van der Waals surface area contributed by atoms with Crippen molar-refractivity contribution in [3.8, 4) is 17.0 Å². The van der Waals surface area contributed by atoms with Gasteiger partial charge in [0.1, 0.15) is 24.2 Å². The predicted octanol–water partition coefficient (Wildman–Crippen LogP) is 2.45. The minimum absolute atomic E-state index is 0.434. The van der Waals surface area contributed by atoms with Gasteiger partial charge in [0.05, 0.1) is 12.6 Å². The molecule has 5 rings (SSSR count). The molecule has 0 N–H and O–H groups in total.